The highest BCUT2D eigenvalue weighted by molar-refractivity contribution is 14.0. The van der Waals surface area contributed by atoms with Gasteiger partial charge < -0.3 is 20.9 Å². The van der Waals surface area contributed by atoms with Crippen molar-refractivity contribution in [2.45, 2.75) is 39.2 Å². The van der Waals surface area contributed by atoms with E-state index in [1.807, 2.05) is 32.0 Å². The molecule has 0 bridgehead atoms. The molecule has 1 aliphatic rings. The fraction of sp³-hybridized carbons (Fsp3) is 0.455. The first-order chi connectivity index (χ1) is 14.6. The second-order valence-corrected chi connectivity index (χ2v) is 8.66. The summed E-state index contributed by atoms with van der Waals surface area (Å²) in [5, 5.41) is 13.8. The van der Waals surface area contributed by atoms with Gasteiger partial charge in [0, 0.05) is 42.8 Å². The predicted octanol–water partition coefficient (Wildman–Crippen LogP) is 4.88. The van der Waals surface area contributed by atoms with Crippen molar-refractivity contribution < 1.29 is 4.79 Å². The standard InChI is InChI=1S/C22H30ClN5OS.HI/c1-3-24-22(26-17-10-13-28(14-11-17)21-8-5-15-30-21)25-12-9-20(29)27-19-7-4-6-18(23)16(19)2;/h4-8,15,17H,3,9-14H2,1-2H3,(H,27,29)(H2,24,25,26);1H. The Labute approximate surface area is 210 Å². The molecule has 1 amide bonds. The van der Waals surface area contributed by atoms with E-state index in [9.17, 15) is 4.79 Å². The van der Waals surface area contributed by atoms with Crippen molar-refractivity contribution in [3.8, 4) is 0 Å². The van der Waals surface area contributed by atoms with E-state index in [-0.39, 0.29) is 29.9 Å². The minimum atomic E-state index is -0.0655. The third-order valence-corrected chi connectivity index (χ3v) is 6.49. The Morgan fingerprint density at radius 1 is 1.26 bits per heavy atom. The van der Waals surface area contributed by atoms with Crippen molar-refractivity contribution in [1.29, 1.82) is 0 Å². The van der Waals surface area contributed by atoms with Crippen LogP contribution in [0.15, 0.2) is 40.7 Å². The minimum Gasteiger partial charge on any atom is -0.363 e. The number of amides is 1. The molecule has 0 spiro atoms. The van der Waals surface area contributed by atoms with Crippen LogP contribution in [0, 0.1) is 6.92 Å². The van der Waals surface area contributed by atoms with E-state index in [1.165, 1.54) is 5.00 Å². The zero-order valence-electron chi connectivity index (χ0n) is 18.0. The smallest absolute Gasteiger partial charge is 0.226 e. The fourth-order valence-electron chi connectivity index (χ4n) is 3.43. The molecule has 9 heteroatoms. The van der Waals surface area contributed by atoms with Gasteiger partial charge in [0.05, 0.1) is 11.5 Å². The Kier molecular flexibility index (Phi) is 10.9. The molecule has 170 valence electrons. The number of carbonyl (C=O) groups excluding carboxylic acids is 1. The van der Waals surface area contributed by atoms with E-state index < -0.39 is 0 Å². The predicted molar refractivity (Wildman–Crippen MR) is 144 cm³/mol. The second kappa shape index (κ2) is 13.1. The monoisotopic (exact) mass is 575 g/mol. The first-order valence-electron chi connectivity index (χ1n) is 10.4. The zero-order valence-corrected chi connectivity index (χ0v) is 21.9. The Bertz CT molecular complexity index is 854. The van der Waals surface area contributed by atoms with Gasteiger partial charge in [-0.1, -0.05) is 17.7 Å². The minimum absolute atomic E-state index is 0. The number of carbonyl (C=O) groups is 1. The van der Waals surface area contributed by atoms with Crippen LogP contribution in [-0.2, 0) is 4.79 Å². The largest absolute Gasteiger partial charge is 0.363 e. The summed E-state index contributed by atoms with van der Waals surface area (Å²) in [6.07, 6.45) is 2.45. The van der Waals surface area contributed by atoms with E-state index >= 15 is 0 Å². The molecule has 0 radical (unpaired) electrons. The number of piperidine rings is 1. The van der Waals surface area contributed by atoms with E-state index in [1.54, 1.807) is 11.3 Å². The number of aliphatic imine (C=N–C) groups is 1. The number of halogens is 2. The second-order valence-electron chi connectivity index (χ2n) is 7.33. The highest BCUT2D eigenvalue weighted by Crippen LogP contribution is 2.25. The molecular formula is C22H31ClIN5OS. The van der Waals surface area contributed by atoms with Gasteiger partial charge in [-0.05, 0) is 61.9 Å². The molecule has 1 aromatic heterocycles. The van der Waals surface area contributed by atoms with Gasteiger partial charge in [-0.15, -0.1) is 35.3 Å². The summed E-state index contributed by atoms with van der Waals surface area (Å²) < 4.78 is 0. The average molecular weight is 576 g/mol. The quantitative estimate of drug-likeness (QED) is 0.250. The first kappa shape index (κ1) is 25.7. The molecule has 1 fully saturated rings. The Hall–Kier alpha value is -1.52. The van der Waals surface area contributed by atoms with Crippen LogP contribution in [0.3, 0.4) is 0 Å². The van der Waals surface area contributed by atoms with Crippen LogP contribution in [0.2, 0.25) is 5.02 Å². The van der Waals surface area contributed by atoms with E-state index in [0.717, 1.165) is 49.7 Å². The number of thiophene rings is 1. The van der Waals surface area contributed by atoms with Crippen LogP contribution in [0.1, 0.15) is 31.7 Å². The first-order valence-corrected chi connectivity index (χ1v) is 11.7. The molecule has 1 aliphatic heterocycles. The van der Waals surface area contributed by atoms with Crippen LogP contribution < -0.4 is 20.9 Å². The summed E-state index contributed by atoms with van der Waals surface area (Å²) in [6, 6.07) is 10.2. The lowest BCUT2D eigenvalue weighted by Gasteiger charge is -2.33. The van der Waals surface area contributed by atoms with Crippen LogP contribution >= 0.6 is 46.9 Å². The number of nitrogens with one attached hydrogen (secondary N) is 3. The van der Waals surface area contributed by atoms with Crippen LogP contribution in [0.4, 0.5) is 10.7 Å². The molecule has 3 rings (SSSR count). The van der Waals surface area contributed by atoms with Gasteiger partial charge in [0.2, 0.25) is 5.91 Å². The summed E-state index contributed by atoms with van der Waals surface area (Å²) >= 11 is 7.91. The maximum atomic E-state index is 12.3. The molecule has 0 atom stereocenters. The molecule has 1 aromatic carbocycles. The molecule has 0 unspecified atom stereocenters. The van der Waals surface area contributed by atoms with Crippen molar-refractivity contribution in [1.82, 2.24) is 10.6 Å². The molecule has 0 aliphatic carbocycles. The van der Waals surface area contributed by atoms with Gasteiger partial charge in [0.25, 0.3) is 0 Å². The van der Waals surface area contributed by atoms with E-state index in [0.29, 0.717) is 24.0 Å². The number of rotatable bonds is 7. The van der Waals surface area contributed by atoms with Gasteiger partial charge in [0.15, 0.2) is 5.96 Å². The Morgan fingerprint density at radius 3 is 2.71 bits per heavy atom. The maximum Gasteiger partial charge on any atom is 0.226 e. The molecular weight excluding hydrogens is 545 g/mol. The van der Waals surface area contributed by atoms with Gasteiger partial charge in [0.1, 0.15) is 0 Å². The lowest BCUT2D eigenvalue weighted by Crippen LogP contribution is -2.48. The fourth-order valence-corrected chi connectivity index (χ4v) is 4.39. The molecule has 31 heavy (non-hydrogen) atoms. The highest BCUT2D eigenvalue weighted by atomic mass is 127. The normalized spacial score (nSPS) is 14.7. The number of nitrogens with zero attached hydrogens (tertiary/aromatic N) is 2. The van der Waals surface area contributed by atoms with E-state index in [2.05, 4.69) is 43.4 Å². The summed E-state index contributed by atoms with van der Waals surface area (Å²) in [7, 11) is 0. The number of hydrogen-bond donors (Lipinski definition) is 3. The molecule has 2 aromatic rings. The van der Waals surface area contributed by atoms with E-state index in [4.69, 9.17) is 11.6 Å². The molecule has 3 N–H and O–H groups in total. The number of hydrogen-bond acceptors (Lipinski definition) is 4. The third-order valence-electron chi connectivity index (χ3n) is 5.15. The van der Waals surface area contributed by atoms with Crippen molar-refractivity contribution in [2.75, 3.05) is 36.4 Å². The van der Waals surface area contributed by atoms with Gasteiger partial charge in [-0.25, -0.2) is 0 Å². The van der Waals surface area contributed by atoms with Gasteiger partial charge in [-0.3, -0.25) is 9.79 Å². The van der Waals surface area contributed by atoms with Crippen molar-refractivity contribution in [3.05, 3.63) is 46.3 Å². The molecule has 1 saturated heterocycles. The maximum absolute atomic E-state index is 12.3. The highest BCUT2D eigenvalue weighted by Gasteiger charge is 2.20. The summed E-state index contributed by atoms with van der Waals surface area (Å²) in [6.45, 7) is 7.23. The van der Waals surface area contributed by atoms with Crippen molar-refractivity contribution in [3.63, 3.8) is 0 Å². The number of anilines is 2. The number of guanidine groups is 1. The van der Waals surface area contributed by atoms with Crippen LogP contribution in [0.5, 0.6) is 0 Å². The lowest BCUT2D eigenvalue weighted by molar-refractivity contribution is -0.116. The summed E-state index contributed by atoms with van der Waals surface area (Å²) in [5.74, 6) is 0.711. The lowest BCUT2D eigenvalue weighted by atomic mass is 10.1. The summed E-state index contributed by atoms with van der Waals surface area (Å²) in [4.78, 5) is 19.3. The van der Waals surface area contributed by atoms with Crippen molar-refractivity contribution >= 4 is 69.5 Å². The Balaban J connectivity index is 0.00000341. The van der Waals surface area contributed by atoms with Gasteiger partial charge in [-0.2, -0.15) is 0 Å². The Morgan fingerprint density at radius 2 is 2.03 bits per heavy atom. The SMILES string of the molecule is CCNC(=NCCC(=O)Nc1cccc(Cl)c1C)NC1CCN(c2cccs2)CC1.I. The molecule has 6 nitrogen and oxygen atoms in total. The average Bonchev–Trinajstić information content (AvgIpc) is 3.27. The number of benzene rings is 1. The topological polar surface area (TPSA) is 68.8 Å². The van der Waals surface area contributed by atoms with Crippen LogP contribution in [0.25, 0.3) is 0 Å². The summed E-state index contributed by atoms with van der Waals surface area (Å²) in [5.41, 5.74) is 1.62. The zero-order chi connectivity index (χ0) is 21.3. The third kappa shape index (κ3) is 7.84. The van der Waals surface area contributed by atoms with Gasteiger partial charge >= 0.3 is 0 Å². The molecule has 0 saturated carbocycles. The van der Waals surface area contributed by atoms with Crippen molar-refractivity contribution in [2.24, 2.45) is 4.99 Å². The molecule has 2 heterocycles. The van der Waals surface area contributed by atoms with Crippen LogP contribution in [-0.4, -0.2) is 44.1 Å².